The molecule has 0 spiro atoms. The van der Waals surface area contributed by atoms with Gasteiger partial charge in [0.1, 0.15) is 10.8 Å². The minimum absolute atomic E-state index is 0.0806. The van der Waals surface area contributed by atoms with Crippen molar-refractivity contribution in [2.45, 2.75) is 0 Å². The van der Waals surface area contributed by atoms with Crippen LogP contribution in [0.1, 0.15) is 0 Å². The molecule has 0 bridgehead atoms. The molecule has 8 heteroatoms. The van der Waals surface area contributed by atoms with E-state index < -0.39 is 0 Å². The van der Waals surface area contributed by atoms with E-state index in [1.54, 1.807) is 0 Å². The molecule has 0 radical (unpaired) electrons. The molecule has 2 aromatic carbocycles. The summed E-state index contributed by atoms with van der Waals surface area (Å²) in [5.41, 5.74) is 0. The van der Waals surface area contributed by atoms with Gasteiger partial charge in [-0.3, -0.25) is 0 Å². The molecule has 0 amide bonds. The van der Waals surface area contributed by atoms with E-state index in [9.17, 15) is 0 Å². The Kier molecular flexibility index (Phi) is 5.47. The summed E-state index contributed by atoms with van der Waals surface area (Å²) in [4.78, 5) is 0. The summed E-state index contributed by atoms with van der Waals surface area (Å²) in [6, 6.07) is 4.38. The first-order chi connectivity index (χ1) is 9.31. The Morgan fingerprint density at radius 1 is 0.600 bits per heavy atom. The highest BCUT2D eigenvalue weighted by Crippen LogP contribution is 2.46. The van der Waals surface area contributed by atoms with Crippen LogP contribution in [0.5, 0.6) is 11.5 Å². The molecule has 0 atom stereocenters. The minimum atomic E-state index is 0.0806. The largest absolute Gasteiger partial charge is 0.453 e. The molecule has 0 aliphatic carbocycles. The highest BCUT2D eigenvalue weighted by atomic mass is 35.5. The van der Waals surface area contributed by atoms with Crippen LogP contribution in [0, 0.1) is 0 Å². The van der Waals surface area contributed by atoms with Crippen molar-refractivity contribution < 1.29 is 4.74 Å². The van der Waals surface area contributed by atoms with Gasteiger partial charge in [0, 0.05) is 11.1 Å². The SMILES string of the molecule is Clc1cc(Cl)c(Oc2cc(Cl)c(Cl)c(Cl)c2Cl)c(Cl)c1. The molecule has 20 heavy (non-hydrogen) atoms. The molecule has 0 aliphatic rings. The molecule has 0 fully saturated rings. The predicted octanol–water partition coefficient (Wildman–Crippen LogP) is 8.05. The number of hydrogen-bond acceptors (Lipinski definition) is 1. The van der Waals surface area contributed by atoms with Gasteiger partial charge in [-0.15, -0.1) is 0 Å². The van der Waals surface area contributed by atoms with Crippen molar-refractivity contribution in [1.29, 1.82) is 0 Å². The van der Waals surface area contributed by atoms with Crippen molar-refractivity contribution >= 4 is 81.2 Å². The molecule has 1 nitrogen and oxygen atoms in total. The Hall–Kier alpha value is 0.270. The van der Waals surface area contributed by atoms with Gasteiger partial charge in [-0.25, -0.2) is 0 Å². The fourth-order valence-electron chi connectivity index (χ4n) is 1.36. The van der Waals surface area contributed by atoms with E-state index in [2.05, 4.69) is 0 Å². The van der Waals surface area contributed by atoms with Gasteiger partial charge in [0.25, 0.3) is 0 Å². The van der Waals surface area contributed by atoms with E-state index in [4.69, 9.17) is 85.9 Å². The Balaban J connectivity index is 2.51. The van der Waals surface area contributed by atoms with Gasteiger partial charge in [0.2, 0.25) is 0 Å². The third-order valence-electron chi connectivity index (χ3n) is 2.24. The van der Waals surface area contributed by atoms with Crippen LogP contribution in [-0.2, 0) is 0 Å². The van der Waals surface area contributed by atoms with Crippen LogP contribution in [0.25, 0.3) is 0 Å². The molecule has 0 unspecified atom stereocenters. The summed E-state index contributed by atoms with van der Waals surface area (Å²) in [7, 11) is 0. The molecule has 2 rings (SSSR count). The highest BCUT2D eigenvalue weighted by molar-refractivity contribution is 6.52. The van der Waals surface area contributed by atoms with E-state index in [1.807, 2.05) is 0 Å². The van der Waals surface area contributed by atoms with Crippen molar-refractivity contribution in [1.82, 2.24) is 0 Å². The second-order valence-corrected chi connectivity index (χ2v) is 6.39. The molecule has 0 N–H and O–H groups in total. The molecule has 106 valence electrons. The molecule has 2 aromatic rings. The Morgan fingerprint density at radius 2 is 1.15 bits per heavy atom. The van der Waals surface area contributed by atoms with Crippen LogP contribution in [0.3, 0.4) is 0 Å². The first kappa shape index (κ1) is 16.6. The average Bonchev–Trinajstić information content (AvgIpc) is 2.37. The van der Waals surface area contributed by atoms with Gasteiger partial charge in [-0.2, -0.15) is 0 Å². The topological polar surface area (TPSA) is 9.23 Å². The van der Waals surface area contributed by atoms with Crippen molar-refractivity contribution in [2.75, 3.05) is 0 Å². The van der Waals surface area contributed by atoms with Crippen LogP contribution in [0.4, 0.5) is 0 Å². The van der Waals surface area contributed by atoms with Crippen LogP contribution in [-0.4, -0.2) is 0 Å². The summed E-state index contributed by atoms with van der Waals surface area (Å²) in [6.07, 6.45) is 0. The first-order valence-corrected chi connectivity index (χ1v) is 7.61. The quantitative estimate of drug-likeness (QED) is 0.359. The minimum Gasteiger partial charge on any atom is -0.453 e. The summed E-state index contributed by atoms with van der Waals surface area (Å²) < 4.78 is 5.56. The first-order valence-electron chi connectivity index (χ1n) is 4.96. The Morgan fingerprint density at radius 3 is 1.70 bits per heavy atom. The Bertz CT molecular complexity index is 661. The summed E-state index contributed by atoms with van der Waals surface area (Å²) in [6.45, 7) is 0. The normalized spacial score (nSPS) is 10.8. The monoisotopic (exact) mass is 408 g/mol. The van der Waals surface area contributed by atoms with E-state index in [-0.39, 0.29) is 41.6 Å². The summed E-state index contributed by atoms with van der Waals surface area (Å²) in [5, 5.41) is 1.34. The van der Waals surface area contributed by atoms with Crippen LogP contribution in [0.15, 0.2) is 18.2 Å². The van der Waals surface area contributed by atoms with Gasteiger partial charge in [-0.05, 0) is 12.1 Å². The average molecular weight is 411 g/mol. The standard InChI is InChI=1S/C12H3Cl7O/c13-4-1-6(15)12(7(16)2-4)20-8-3-5(14)9(17)11(19)10(8)18/h1-3H. The molecule has 0 saturated heterocycles. The zero-order valence-electron chi connectivity index (χ0n) is 9.29. The van der Waals surface area contributed by atoms with Crippen molar-refractivity contribution in [2.24, 2.45) is 0 Å². The second kappa shape index (κ2) is 6.58. The third kappa shape index (κ3) is 3.36. The summed E-state index contributed by atoms with van der Waals surface area (Å²) in [5.74, 6) is 0.367. The lowest BCUT2D eigenvalue weighted by Gasteiger charge is -2.13. The fraction of sp³-hybridized carbons (Fsp3) is 0. The van der Waals surface area contributed by atoms with Gasteiger partial charge in [0.15, 0.2) is 5.75 Å². The van der Waals surface area contributed by atoms with Crippen LogP contribution in [0.2, 0.25) is 35.2 Å². The number of rotatable bonds is 2. The molecule has 0 aromatic heterocycles. The molecular weight excluding hydrogens is 408 g/mol. The van der Waals surface area contributed by atoms with Crippen molar-refractivity contribution in [3.63, 3.8) is 0 Å². The lowest BCUT2D eigenvalue weighted by molar-refractivity contribution is 0.483. The van der Waals surface area contributed by atoms with Crippen molar-refractivity contribution in [3.05, 3.63) is 53.4 Å². The molecule has 0 heterocycles. The maximum atomic E-state index is 6.04. The zero-order chi connectivity index (χ0) is 15.0. The van der Waals surface area contributed by atoms with E-state index in [0.29, 0.717) is 5.02 Å². The molecule has 0 aliphatic heterocycles. The number of ether oxygens (including phenoxy) is 1. The van der Waals surface area contributed by atoms with Crippen LogP contribution >= 0.6 is 81.2 Å². The second-order valence-electron chi connectivity index (χ2n) is 3.60. The van der Waals surface area contributed by atoms with Gasteiger partial charge < -0.3 is 4.74 Å². The summed E-state index contributed by atoms with van der Waals surface area (Å²) >= 11 is 41.6. The third-order valence-corrected chi connectivity index (χ3v) is 4.76. The highest BCUT2D eigenvalue weighted by Gasteiger charge is 2.17. The van der Waals surface area contributed by atoms with Gasteiger partial charge in [0.05, 0.1) is 25.1 Å². The van der Waals surface area contributed by atoms with E-state index in [1.165, 1.54) is 18.2 Å². The molecule has 0 saturated carbocycles. The van der Waals surface area contributed by atoms with Gasteiger partial charge in [-0.1, -0.05) is 81.2 Å². The van der Waals surface area contributed by atoms with E-state index in [0.717, 1.165) is 0 Å². The van der Waals surface area contributed by atoms with Crippen molar-refractivity contribution in [3.8, 4) is 11.5 Å². The maximum absolute atomic E-state index is 6.04. The number of benzene rings is 2. The smallest absolute Gasteiger partial charge is 0.164 e. The zero-order valence-corrected chi connectivity index (χ0v) is 14.6. The van der Waals surface area contributed by atoms with E-state index >= 15 is 0 Å². The number of hydrogen-bond donors (Lipinski definition) is 0. The molecular formula is C12H3Cl7O. The lowest BCUT2D eigenvalue weighted by atomic mass is 10.3. The van der Waals surface area contributed by atoms with Gasteiger partial charge >= 0.3 is 0 Å². The Labute approximate surface area is 150 Å². The van der Waals surface area contributed by atoms with Crippen LogP contribution < -0.4 is 4.74 Å². The number of halogens is 7. The lowest BCUT2D eigenvalue weighted by Crippen LogP contribution is -1.89. The maximum Gasteiger partial charge on any atom is 0.164 e. The predicted molar refractivity (Wildman–Crippen MR) is 88.0 cm³/mol. The fourth-order valence-corrected chi connectivity index (χ4v) is 3.08.